The molecule has 100 valence electrons. The molecular formula is C13H18FNO3. The second-order valence-corrected chi connectivity index (χ2v) is 4.55. The van der Waals surface area contributed by atoms with Crippen LogP contribution in [0.5, 0.6) is 5.75 Å². The Bertz CT molecular complexity index is 361. The average molecular weight is 255 g/mol. The largest absolute Gasteiger partial charge is 0.494 e. The first-order chi connectivity index (χ1) is 8.65. The molecule has 1 aromatic carbocycles. The van der Waals surface area contributed by atoms with E-state index < -0.39 is 12.2 Å². The summed E-state index contributed by atoms with van der Waals surface area (Å²) >= 11 is 0. The molecule has 5 heteroatoms. The number of benzene rings is 1. The van der Waals surface area contributed by atoms with Gasteiger partial charge in [0.25, 0.3) is 0 Å². The lowest BCUT2D eigenvalue weighted by atomic mass is 10.3. The molecule has 0 saturated carbocycles. The maximum Gasteiger partial charge on any atom is 0.123 e. The zero-order valence-corrected chi connectivity index (χ0v) is 10.1. The van der Waals surface area contributed by atoms with Gasteiger partial charge in [-0.2, -0.15) is 0 Å². The van der Waals surface area contributed by atoms with E-state index >= 15 is 0 Å². The number of β-amino-alcohol motifs (C(OH)–C–C–N with tert-alkyl or cyclic N) is 2. The summed E-state index contributed by atoms with van der Waals surface area (Å²) in [5.74, 6) is 0.375. The summed E-state index contributed by atoms with van der Waals surface area (Å²) in [5.41, 5.74) is 0. The highest BCUT2D eigenvalue weighted by molar-refractivity contribution is 5.21. The molecule has 1 fully saturated rings. The van der Waals surface area contributed by atoms with Crippen LogP contribution in [0.4, 0.5) is 4.39 Å². The van der Waals surface area contributed by atoms with Crippen LogP contribution in [0, 0.1) is 5.82 Å². The van der Waals surface area contributed by atoms with E-state index in [9.17, 15) is 14.6 Å². The lowest BCUT2D eigenvalue weighted by Gasteiger charge is -2.14. The summed E-state index contributed by atoms with van der Waals surface area (Å²) < 4.78 is 18.1. The summed E-state index contributed by atoms with van der Waals surface area (Å²) in [6.45, 7) is 2.33. The van der Waals surface area contributed by atoms with Crippen molar-refractivity contribution in [2.45, 2.75) is 18.6 Å². The summed E-state index contributed by atoms with van der Waals surface area (Å²) in [4.78, 5) is 2.00. The Hall–Kier alpha value is -1.17. The molecule has 1 aromatic rings. The normalized spacial score (nSPS) is 24.4. The zero-order chi connectivity index (χ0) is 13.0. The van der Waals surface area contributed by atoms with Crippen LogP contribution in [-0.4, -0.2) is 53.6 Å². The van der Waals surface area contributed by atoms with Gasteiger partial charge >= 0.3 is 0 Å². The summed E-state index contributed by atoms with van der Waals surface area (Å²) in [5, 5.41) is 18.7. The minimum atomic E-state index is -0.636. The summed E-state index contributed by atoms with van der Waals surface area (Å²) in [6.07, 6.45) is -0.470. The monoisotopic (exact) mass is 255 g/mol. The zero-order valence-electron chi connectivity index (χ0n) is 10.1. The van der Waals surface area contributed by atoms with Gasteiger partial charge in [-0.15, -0.1) is 0 Å². The molecule has 1 saturated heterocycles. The Balaban J connectivity index is 1.63. The molecule has 2 rings (SSSR count). The van der Waals surface area contributed by atoms with E-state index in [4.69, 9.17) is 4.74 Å². The van der Waals surface area contributed by atoms with Crippen molar-refractivity contribution < 1.29 is 19.3 Å². The van der Waals surface area contributed by atoms with Crippen molar-refractivity contribution in [3.63, 3.8) is 0 Å². The van der Waals surface area contributed by atoms with Gasteiger partial charge in [0.1, 0.15) is 11.6 Å². The number of hydrogen-bond acceptors (Lipinski definition) is 4. The molecule has 1 heterocycles. The maximum atomic E-state index is 12.6. The standard InChI is InChI=1S/C13H18FNO3/c14-10-2-4-11(5-3-10)18-7-1-6-15-8-12(16)13(17)9-15/h2-5,12-13,16-17H,1,6-9H2. The third kappa shape index (κ3) is 3.66. The van der Waals surface area contributed by atoms with Gasteiger partial charge in [0.15, 0.2) is 0 Å². The minimum Gasteiger partial charge on any atom is -0.494 e. The molecule has 1 aliphatic rings. The molecule has 0 amide bonds. The average Bonchev–Trinajstić information content (AvgIpc) is 2.67. The Morgan fingerprint density at radius 2 is 1.78 bits per heavy atom. The lowest BCUT2D eigenvalue weighted by molar-refractivity contribution is 0.0572. The van der Waals surface area contributed by atoms with Gasteiger partial charge in [-0.25, -0.2) is 4.39 Å². The van der Waals surface area contributed by atoms with E-state index in [1.807, 2.05) is 4.90 Å². The predicted octanol–water partition coefficient (Wildman–Crippen LogP) is 0.632. The molecule has 0 radical (unpaired) electrons. The molecule has 18 heavy (non-hydrogen) atoms. The van der Waals surface area contributed by atoms with E-state index in [-0.39, 0.29) is 5.82 Å². The number of aliphatic hydroxyl groups is 2. The number of hydrogen-bond donors (Lipinski definition) is 2. The van der Waals surface area contributed by atoms with Gasteiger partial charge in [-0.1, -0.05) is 0 Å². The Morgan fingerprint density at radius 3 is 2.39 bits per heavy atom. The number of rotatable bonds is 5. The number of likely N-dealkylation sites (tertiary alicyclic amines) is 1. The van der Waals surface area contributed by atoms with Gasteiger partial charge in [0.05, 0.1) is 18.8 Å². The molecule has 0 bridgehead atoms. The molecular weight excluding hydrogens is 237 g/mol. The number of halogens is 1. The van der Waals surface area contributed by atoms with Crippen molar-refractivity contribution in [1.29, 1.82) is 0 Å². The van der Waals surface area contributed by atoms with Crippen molar-refractivity contribution in [3.8, 4) is 5.75 Å². The molecule has 0 aromatic heterocycles. The number of aliphatic hydroxyl groups excluding tert-OH is 2. The van der Waals surface area contributed by atoms with Crippen LogP contribution in [0.15, 0.2) is 24.3 Å². The SMILES string of the molecule is OC1CN(CCCOc2ccc(F)cc2)CC1O. The van der Waals surface area contributed by atoms with E-state index in [1.54, 1.807) is 12.1 Å². The van der Waals surface area contributed by atoms with Crippen LogP contribution in [0.25, 0.3) is 0 Å². The molecule has 2 N–H and O–H groups in total. The van der Waals surface area contributed by atoms with Gasteiger partial charge in [0, 0.05) is 19.6 Å². The Labute approximate surface area is 106 Å². The molecule has 2 atom stereocenters. The third-order valence-corrected chi connectivity index (χ3v) is 3.04. The van der Waals surface area contributed by atoms with Gasteiger partial charge < -0.3 is 14.9 Å². The quantitative estimate of drug-likeness (QED) is 0.758. The van der Waals surface area contributed by atoms with E-state index in [1.165, 1.54) is 12.1 Å². The van der Waals surface area contributed by atoms with Crippen molar-refractivity contribution in [1.82, 2.24) is 4.90 Å². The second kappa shape index (κ2) is 6.13. The van der Waals surface area contributed by atoms with Crippen LogP contribution < -0.4 is 4.74 Å². The van der Waals surface area contributed by atoms with E-state index in [2.05, 4.69) is 0 Å². The lowest BCUT2D eigenvalue weighted by Crippen LogP contribution is -2.24. The van der Waals surface area contributed by atoms with Gasteiger partial charge in [-0.05, 0) is 30.7 Å². The molecule has 0 aliphatic carbocycles. The van der Waals surface area contributed by atoms with Crippen LogP contribution in [0.1, 0.15) is 6.42 Å². The molecule has 0 spiro atoms. The summed E-state index contributed by atoms with van der Waals surface area (Å²) in [6, 6.07) is 5.92. The topological polar surface area (TPSA) is 52.9 Å². The fraction of sp³-hybridized carbons (Fsp3) is 0.538. The van der Waals surface area contributed by atoms with Crippen molar-refractivity contribution in [3.05, 3.63) is 30.1 Å². The smallest absolute Gasteiger partial charge is 0.123 e. The number of ether oxygens (including phenoxy) is 1. The van der Waals surface area contributed by atoms with Crippen LogP contribution in [0.2, 0.25) is 0 Å². The van der Waals surface area contributed by atoms with Crippen molar-refractivity contribution in [2.24, 2.45) is 0 Å². The fourth-order valence-electron chi connectivity index (χ4n) is 2.04. The Morgan fingerprint density at radius 1 is 1.17 bits per heavy atom. The molecule has 4 nitrogen and oxygen atoms in total. The fourth-order valence-corrected chi connectivity index (χ4v) is 2.04. The highest BCUT2D eigenvalue weighted by Gasteiger charge is 2.28. The van der Waals surface area contributed by atoms with E-state index in [0.29, 0.717) is 25.4 Å². The van der Waals surface area contributed by atoms with Gasteiger partial charge in [0.2, 0.25) is 0 Å². The molecule has 2 unspecified atom stereocenters. The van der Waals surface area contributed by atoms with Crippen molar-refractivity contribution in [2.75, 3.05) is 26.2 Å². The van der Waals surface area contributed by atoms with Crippen molar-refractivity contribution >= 4 is 0 Å². The number of nitrogens with zero attached hydrogens (tertiary/aromatic N) is 1. The Kier molecular flexibility index (Phi) is 4.52. The van der Waals surface area contributed by atoms with E-state index in [0.717, 1.165) is 13.0 Å². The summed E-state index contributed by atoms with van der Waals surface area (Å²) in [7, 11) is 0. The van der Waals surface area contributed by atoms with Crippen LogP contribution in [0.3, 0.4) is 0 Å². The van der Waals surface area contributed by atoms with Crippen LogP contribution >= 0.6 is 0 Å². The first-order valence-electron chi connectivity index (χ1n) is 6.12. The predicted molar refractivity (Wildman–Crippen MR) is 65.0 cm³/mol. The first-order valence-corrected chi connectivity index (χ1v) is 6.12. The minimum absolute atomic E-state index is 0.276. The highest BCUT2D eigenvalue weighted by Crippen LogP contribution is 2.12. The molecule has 1 aliphatic heterocycles. The third-order valence-electron chi connectivity index (χ3n) is 3.04. The second-order valence-electron chi connectivity index (χ2n) is 4.55. The maximum absolute atomic E-state index is 12.6. The highest BCUT2D eigenvalue weighted by atomic mass is 19.1. The van der Waals surface area contributed by atoms with Crippen LogP contribution in [-0.2, 0) is 0 Å². The first kappa shape index (κ1) is 13.3. The van der Waals surface area contributed by atoms with Gasteiger partial charge in [-0.3, -0.25) is 4.90 Å².